The van der Waals surface area contributed by atoms with Crippen LogP contribution in [0.25, 0.3) is 11.0 Å². The summed E-state index contributed by atoms with van der Waals surface area (Å²) in [6.45, 7) is 1.86. The highest BCUT2D eigenvalue weighted by molar-refractivity contribution is 6.31. The molecule has 3 rings (SSSR count). The van der Waals surface area contributed by atoms with Crippen LogP contribution in [0.1, 0.15) is 5.56 Å². The van der Waals surface area contributed by atoms with Crippen molar-refractivity contribution in [2.24, 2.45) is 5.10 Å². The summed E-state index contributed by atoms with van der Waals surface area (Å²) in [5.74, 6) is -0.516. The number of carbonyl (C=O) groups excluding carboxylic acids is 1. The van der Waals surface area contributed by atoms with Crippen molar-refractivity contribution in [2.45, 2.75) is 6.92 Å². The molecule has 25 heavy (non-hydrogen) atoms. The Balaban J connectivity index is 1.80. The number of halogens is 2. The third-order valence-corrected chi connectivity index (χ3v) is 3.68. The van der Waals surface area contributed by atoms with Gasteiger partial charge in [0, 0.05) is 23.2 Å². The SMILES string of the molecule is Cc1c/c(=N\NC(=O)Nc2ccc(F)c(Cl)c2)oc2cc(O)ccc12. The van der Waals surface area contributed by atoms with Crippen molar-refractivity contribution >= 4 is 34.3 Å². The number of phenols is 1. The molecule has 2 amide bonds. The Morgan fingerprint density at radius 2 is 2.04 bits per heavy atom. The fourth-order valence-electron chi connectivity index (χ4n) is 2.22. The number of aryl methyl sites for hydroxylation is 1. The molecule has 0 fully saturated rings. The lowest BCUT2D eigenvalue weighted by Crippen LogP contribution is -2.26. The average Bonchev–Trinajstić information content (AvgIpc) is 2.56. The van der Waals surface area contributed by atoms with Crippen LogP contribution >= 0.6 is 11.6 Å². The Kier molecular flexibility index (Phi) is 4.58. The minimum Gasteiger partial charge on any atom is -0.508 e. The molecule has 0 spiro atoms. The predicted molar refractivity (Wildman–Crippen MR) is 91.7 cm³/mol. The fraction of sp³-hybridized carbons (Fsp3) is 0.0588. The van der Waals surface area contributed by atoms with Gasteiger partial charge >= 0.3 is 6.03 Å². The van der Waals surface area contributed by atoms with E-state index < -0.39 is 11.8 Å². The second kappa shape index (κ2) is 6.82. The molecule has 0 unspecified atom stereocenters. The zero-order valence-corrected chi connectivity index (χ0v) is 13.8. The molecule has 0 aliphatic carbocycles. The largest absolute Gasteiger partial charge is 0.508 e. The van der Waals surface area contributed by atoms with E-state index in [1.165, 1.54) is 18.2 Å². The van der Waals surface area contributed by atoms with E-state index in [-0.39, 0.29) is 16.3 Å². The molecule has 0 radical (unpaired) electrons. The number of hydrogen-bond acceptors (Lipinski definition) is 4. The summed E-state index contributed by atoms with van der Waals surface area (Å²) in [6.07, 6.45) is 0. The molecule has 8 heteroatoms. The number of nitrogens with one attached hydrogen (secondary N) is 2. The minimum atomic E-state index is -0.647. The Hall–Kier alpha value is -3.06. The number of benzene rings is 2. The van der Waals surface area contributed by atoms with Crippen molar-refractivity contribution in [1.82, 2.24) is 5.43 Å². The van der Waals surface area contributed by atoms with Gasteiger partial charge in [0.2, 0.25) is 5.55 Å². The molecule has 0 bridgehead atoms. The summed E-state index contributed by atoms with van der Waals surface area (Å²) in [5.41, 5.74) is 4.05. The number of urea groups is 1. The van der Waals surface area contributed by atoms with Crippen LogP contribution in [0.3, 0.4) is 0 Å². The highest BCUT2D eigenvalue weighted by atomic mass is 35.5. The van der Waals surface area contributed by atoms with Gasteiger partial charge in [0.25, 0.3) is 0 Å². The van der Waals surface area contributed by atoms with Gasteiger partial charge in [0.05, 0.1) is 5.02 Å². The number of hydrogen-bond donors (Lipinski definition) is 3. The third kappa shape index (κ3) is 3.89. The Morgan fingerprint density at radius 3 is 2.80 bits per heavy atom. The molecule has 2 aromatic carbocycles. The number of carbonyl (C=O) groups is 1. The first-order chi connectivity index (χ1) is 11.9. The van der Waals surface area contributed by atoms with E-state index in [1.807, 2.05) is 6.92 Å². The molecule has 128 valence electrons. The van der Waals surface area contributed by atoms with E-state index in [9.17, 15) is 14.3 Å². The molecule has 0 saturated carbocycles. The summed E-state index contributed by atoms with van der Waals surface area (Å²) in [6, 6.07) is 9.54. The first kappa shape index (κ1) is 16.8. The normalized spacial score (nSPS) is 11.6. The van der Waals surface area contributed by atoms with Gasteiger partial charge in [-0.15, -0.1) is 5.10 Å². The van der Waals surface area contributed by atoms with Crippen LogP contribution in [0.5, 0.6) is 5.75 Å². The maximum Gasteiger partial charge on any atom is 0.339 e. The number of nitrogens with zero attached hydrogens (tertiary/aromatic N) is 1. The zero-order chi connectivity index (χ0) is 18.0. The van der Waals surface area contributed by atoms with Gasteiger partial charge in [-0.05, 0) is 42.8 Å². The molecule has 0 aliphatic rings. The molecule has 3 N–H and O–H groups in total. The lowest BCUT2D eigenvalue weighted by Gasteiger charge is -2.05. The van der Waals surface area contributed by atoms with Gasteiger partial charge in [0.1, 0.15) is 17.1 Å². The second-order valence-electron chi connectivity index (χ2n) is 5.25. The Bertz CT molecular complexity index is 1030. The first-order valence-corrected chi connectivity index (χ1v) is 7.59. The number of phenolic OH excluding ortho intramolecular Hbond substituents is 1. The summed E-state index contributed by atoms with van der Waals surface area (Å²) in [7, 11) is 0. The molecule has 0 saturated heterocycles. The molecule has 3 aromatic rings. The molecular weight excluding hydrogens is 349 g/mol. The van der Waals surface area contributed by atoms with Gasteiger partial charge in [-0.1, -0.05) is 11.6 Å². The quantitative estimate of drug-likeness (QED) is 0.605. The van der Waals surface area contributed by atoms with Crippen molar-refractivity contribution in [3.63, 3.8) is 0 Å². The van der Waals surface area contributed by atoms with Crippen molar-refractivity contribution in [2.75, 3.05) is 5.32 Å². The Morgan fingerprint density at radius 1 is 1.24 bits per heavy atom. The lowest BCUT2D eigenvalue weighted by atomic mass is 10.1. The number of anilines is 1. The highest BCUT2D eigenvalue weighted by Crippen LogP contribution is 2.21. The van der Waals surface area contributed by atoms with Crippen LogP contribution in [0.4, 0.5) is 14.9 Å². The molecule has 0 aliphatic heterocycles. The van der Waals surface area contributed by atoms with E-state index in [1.54, 1.807) is 18.2 Å². The number of fused-ring (bicyclic) bond motifs is 1. The van der Waals surface area contributed by atoms with Crippen molar-refractivity contribution < 1.29 is 18.7 Å². The van der Waals surface area contributed by atoms with Crippen LogP contribution in [-0.4, -0.2) is 11.1 Å². The van der Waals surface area contributed by atoms with E-state index in [2.05, 4.69) is 15.8 Å². The summed E-state index contributed by atoms with van der Waals surface area (Å²) in [5, 5.41) is 16.6. The van der Waals surface area contributed by atoms with Gasteiger partial charge < -0.3 is 14.8 Å². The second-order valence-corrected chi connectivity index (χ2v) is 5.66. The van der Waals surface area contributed by atoms with E-state index in [0.29, 0.717) is 11.3 Å². The molecule has 1 aromatic heterocycles. The molecule has 6 nitrogen and oxygen atoms in total. The number of aromatic hydroxyl groups is 1. The van der Waals surface area contributed by atoms with Crippen LogP contribution in [0.15, 0.2) is 52.0 Å². The lowest BCUT2D eigenvalue weighted by molar-refractivity contribution is 0.251. The van der Waals surface area contributed by atoms with E-state index >= 15 is 0 Å². The zero-order valence-electron chi connectivity index (χ0n) is 13.0. The molecule has 0 atom stereocenters. The third-order valence-electron chi connectivity index (χ3n) is 3.39. The van der Waals surface area contributed by atoms with Crippen molar-refractivity contribution in [3.8, 4) is 5.75 Å². The number of amides is 2. The van der Waals surface area contributed by atoms with Gasteiger partial charge in [-0.2, -0.15) is 0 Å². The van der Waals surface area contributed by atoms with E-state index in [4.69, 9.17) is 16.0 Å². The van der Waals surface area contributed by atoms with Gasteiger partial charge in [-0.25, -0.2) is 14.6 Å². The van der Waals surface area contributed by atoms with Crippen LogP contribution in [-0.2, 0) is 0 Å². The van der Waals surface area contributed by atoms with Gasteiger partial charge in [0.15, 0.2) is 0 Å². The van der Waals surface area contributed by atoms with E-state index in [0.717, 1.165) is 17.0 Å². The number of rotatable bonds is 2. The molecular formula is C17H13ClFN3O3. The fourth-order valence-corrected chi connectivity index (χ4v) is 2.40. The molecule has 1 heterocycles. The standard InChI is InChI=1S/C17H13ClFN3O3/c1-9-6-16(25-15-8-11(23)3-4-12(9)15)21-22-17(24)20-10-2-5-14(19)13(18)7-10/h2-8,23H,1H3,(H2,20,22,24)/b21-16+. The van der Waals surface area contributed by atoms with Crippen LogP contribution in [0, 0.1) is 12.7 Å². The maximum absolute atomic E-state index is 13.1. The van der Waals surface area contributed by atoms with Crippen molar-refractivity contribution in [3.05, 3.63) is 64.4 Å². The van der Waals surface area contributed by atoms with Crippen LogP contribution < -0.4 is 16.3 Å². The first-order valence-electron chi connectivity index (χ1n) is 7.21. The predicted octanol–water partition coefficient (Wildman–Crippen LogP) is 3.88. The summed E-state index contributed by atoms with van der Waals surface area (Å²) >= 11 is 5.65. The topological polar surface area (TPSA) is 86.9 Å². The van der Waals surface area contributed by atoms with Crippen molar-refractivity contribution in [1.29, 1.82) is 0 Å². The minimum absolute atomic E-state index is 0.0618. The average molecular weight is 362 g/mol. The highest BCUT2D eigenvalue weighted by Gasteiger charge is 2.05. The van der Waals surface area contributed by atoms with Crippen LogP contribution in [0.2, 0.25) is 5.02 Å². The van der Waals surface area contributed by atoms with Gasteiger partial charge in [-0.3, -0.25) is 0 Å². The monoisotopic (exact) mass is 361 g/mol. The smallest absolute Gasteiger partial charge is 0.339 e. The summed E-state index contributed by atoms with van der Waals surface area (Å²) in [4.78, 5) is 11.9. The summed E-state index contributed by atoms with van der Waals surface area (Å²) < 4.78 is 18.6. The maximum atomic E-state index is 13.1. The Labute approximate surface area is 146 Å².